The molecule has 19 heavy (non-hydrogen) atoms. The van der Waals surface area contributed by atoms with Gasteiger partial charge in [0.25, 0.3) is 5.56 Å². The van der Waals surface area contributed by atoms with Crippen LogP contribution in [-0.2, 0) is 14.1 Å². The molecule has 0 aliphatic carbocycles. The van der Waals surface area contributed by atoms with Gasteiger partial charge in [-0.3, -0.25) is 18.9 Å². The van der Waals surface area contributed by atoms with Gasteiger partial charge in [-0.2, -0.15) is 0 Å². The third kappa shape index (κ3) is 2.93. The highest BCUT2D eigenvalue weighted by Gasteiger charge is 2.18. The molecule has 7 nitrogen and oxygen atoms in total. The molecule has 1 rings (SSSR count). The van der Waals surface area contributed by atoms with E-state index in [4.69, 9.17) is 5.11 Å². The second-order valence-electron chi connectivity index (χ2n) is 4.16. The number of aromatic nitrogens is 2. The predicted molar refractivity (Wildman–Crippen MR) is 72.0 cm³/mol. The van der Waals surface area contributed by atoms with E-state index in [1.807, 2.05) is 6.92 Å². The Bertz CT molecular complexity index is 598. The van der Waals surface area contributed by atoms with Gasteiger partial charge in [0.2, 0.25) is 5.88 Å². The molecule has 0 bridgehead atoms. The van der Waals surface area contributed by atoms with Crippen LogP contribution in [0.1, 0.15) is 25.3 Å². The van der Waals surface area contributed by atoms with Crippen LogP contribution in [0.15, 0.2) is 14.6 Å². The zero-order chi connectivity index (χ0) is 14.6. The molecule has 1 aromatic rings. The van der Waals surface area contributed by atoms with Crippen LogP contribution in [0.4, 0.5) is 0 Å². The van der Waals surface area contributed by atoms with Crippen LogP contribution >= 0.6 is 0 Å². The Labute approximate surface area is 110 Å². The molecule has 0 fully saturated rings. The summed E-state index contributed by atoms with van der Waals surface area (Å²) in [6.07, 6.45) is 0.933. The number of rotatable bonds is 5. The molecule has 2 N–H and O–H groups in total. The van der Waals surface area contributed by atoms with Crippen LogP contribution in [0.5, 0.6) is 5.88 Å². The molecule has 0 aliphatic heterocycles. The first-order valence-corrected chi connectivity index (χ1v) is 6.09. The molecule has 0 spiro atoms. The van der Waals surface area contributed by atoms with Crippen LogP contribution in [-0.4, -0.2) is 38.2 Å². The monoisotopic (exact) mass is 269 g/mol. The number of hydrogen-bond acceptors (Lipinski definition) is 5. The standard InChI is InChI=1S/C12H19N3O4/c1-4-8(13-6-5-7-16)9-10(17)14(2)12(19)15(3)11(9)18/h16-17H,4-7H2,1-3H3. The molecule has 0 unspecified atom stereocenters. The maximum atomic E-state index is 12.1. The zero-order valence-corrected chi connectivity index (χ0v) is 11.4. The van der Waals surface area contributed by atoms with E-state index in [1.165, 1.54) is 14.1 Å². The Morgan fingerprint density at radius 2 is 1.89 bits per heavy atom. The van der Waals surface area contributed by atoms with Gasteiger partial charge < -0.3 is 10.2 Å². The number of aromatic hydroxyl groups is 1. The van der Waals surface area contributed by atoms with Crippen molar-refractivity contribution in [1.29, 1.82) is 0 Å². The van der Waals surface area contributed by atoms with Crippen molar-refractivity contribution in [3.05, 3.63) is 26.4 Å². The molecule has 0 amide bonds. The molecule has 0 radical (unpaired) electrons. The average molecular weight is 269 g/mol. The summed E-state index contributed by atoms with van der Waals surface area (Å²) in [5, 5.41) is 18.7. The fraction of sp³-hybridized carbons (Fsp3) is 0.583. The van der Waals surface area contributed by atoms with Crippen molar-refractivity contribution >= 4 is 5.71 Å². The molecular formula is C12H19N3O4. The minimum atomic E-state index is -0.586. The Balaban J connectivity index is 3.45. The third-order valence-electron chi connectivity index (χ3n) is 2.88. The van der Waals surface area contributed by atoms with E-state index in [0.717, 1.165) is 9.13 Å². The zero-order valence-electron chi connectivity index (χ0n) is 11.4. The highest BCUT2D eigenvalue weighted by atomic mass is 16.3. The molecule has 0 atom stereocenters. The normalized spacial score (nSPS) is 11.9. The van der Waals surface area contributed by atoms with Gasteiger partial charge in [0.15, 0.2) is 0 Å². The van der Waals surface area contributed by atoms with Gasteiger partial charge >= 0.3 is 5.69 Å². The van der Waals surface area contributed by atoms with Gasteiger partial charge in [0, 0.05) is 27.2 Å². The summed E-state index contributed by atoms with van der Waals surface area (Å²) in [6, 6.07) is 0. The minimum absolute atomic E-state index is 0.0117. The maximum Gasteiger partial charge on any atom is 0.333 e. The van der Waals surface area contributed by atoms with Crippen LogP contribution in [0.2, 0.25) is 0 Å². The van der Waals surface area contributed by atoms with Gasteiger partial charge in [-0.05, 0) is 12.8 Å². The van der Waals surface area contributed by atoms with Crippen molar-refractivity contribution in [2.45, 2.75) is 19.8 Å². The number of hydrogen-bond donors (Lipinski definition) is 2. The summed E-state index contributed by atoms with van der Waals surface area (Å²) in [6.45, 7) is 2.19. The smallest absolute Gasteiger partial charge is 0.333 e. The van der Waals surface area contributed by atoms with E-state index < -0.39 is 11.2 Å². The Morgan fingerprint density at radius 3 is 2.42 bits per heavy atom. The fourth-order valence-electron chi connectivity index (χ4n) is 1.74. The summed E-state index contributed by atoms with van der Waals surface area (Å²) in [7, 11) is 2.75. The summed E-state index contributed by atoms with van der Waals surface area (Å²) in [5.74, 6) is -0.377. The highest BCUT2D eigenvalue weighted by Crippen LogP contribution is 2.12. The quantitative estimate of drug-likeness (QED) is 0.549. The van der Waals surface area contributed by atoms with E-state index in [9.17, 15) is 14.7 Å². The lowest BCUT2D eigenvalue weighted by Gasteiger charge is -2.11. The molecular weight excluding hydrogens is 250 g/mol. The second-order valence-corrected chi connectivity index (χ2v) is 4.16. The molecule has 1 heterocycles. The summed E-state index contributed by atoms with van der Waals surface area (Å²) in [5.41, 5.74) is -0.672. The number of aliphatic hydroxyl groups excluding tert-OH is 1. The van der Waals surface area contributed by atoms with Gasteiger partial charge in [-0.1, -0.05) is 6.92 Å². The van der Waals surface area contributed by atoms with Gasteiger partial charge in [0.1, 0.15) is 5.56 Å². The lowest BCUT2D eigenvalue weighted by Crippen LogP contribution is -2.40. The van der Waals surface area contributed by atoms with Crippen molar-refractivity contribution in [3.63, 3.8) is 0 Å². The van der Waals surface area contributed by atoms with Crippen molar-refractivity contribution in [2.24, 2.45) is 19.1 Å². The minimum Gasteiger partial charge on any atom is -0.494 e. The van der Waals surface area contributed by atoms with E-state index in [2.05, 4.69) is 4.99 Å². The molecule has 0 aromatic carbocycles. The molecule has 0 saturated carbocycles. The first kappa shape index (κ1) is 15.2. The average Bonchev–Trinajstić information content (AvgIpc) is 2.41. The van der Waals surface area contributed by atoms with Crippen LogP contribution < -0.4 is 11.2 Å². The summed E-state index contributed by atoms with van der Waals surface area (Å²) in [4.78, 5) is 27.9. The summed E-state index contributed by atoms with van der Waals surface area (Å²) < 4.78 is 1.94. The first-order valence-electron chi connectivity index (χ1n) is 6.09. The SMILES string of the molecule is CCC(=NCCCO)c1c(O)n(C)c(=O)n(C)c1=O. The Morgan fingerprint density at radius 1 is 1.26 bits per heavy atom. The molecule has 106 valence electrons. The van der Waals surface area contributed by atoms with E-state index >= 15 is 0 Å². The van der Waals surface area contributed by atoms with Crippen molar-refractivity contribution in [1.82, 2.24) is 9.13 Å². The summed E-state index contributed by atoms with van der Waals surface area (Å²) >= 11 is 0. The fourth-order valence-corrected chi connectivity index (χ4v) is 1.74. The van der Waals surface area contributed by atoms with Gasteiger partial charge in [-0.25, -0.2) is 4.79 Å². The molecule has 1 aromatic heterocycles. The number of nitrogens with zero attached hydrogens (tertiary/aromatic N) is 3. The largest absolute Gasteiger partial charge is 0.494 e. The highest BCUT2D eigenvalue weighted by molar-refractivity contribution is 6.01. The van der Waals surface area contributed by atoms with Crippen molar-refractivity contribution in [3.8, 4) is 5.88 Å². The van der Waals surface area contributed by atoms with Gasteiger partial charge in [-0.15, -0.1) is 0 Å². The van der Waals surface area contributed by atoms with Crippen LogP contribution in [0.3, 0.4) is 0 Å². The number of aliphatic hydroxyl groups is 1. The second kappa shape index (κ2) is 6.33. The van der Waals surface area contributed by atoms with Crippen LogP contribution in [0.25, 0.3) is 0 Å². The van der Waals surface area contributed by atoms with E-state index in [-0.39, 0.29) is 18.1 Å². The maximum absolute atomic E-state index is 12.1. The first-order chi connectivity index (χ1) is 8.95. The topological polar surface area (TPSA) is 96.8 Å². The van der Waals surface area contributed by atoms with Crippen LogP contribution in [0, 0.1) is 0 Å². The lowest BCUT2D eigenvalue weighted by atomic mass is 10.1. The van der Waals surface area contributed by atoms with E-state index in [0.29, 0.717) is 25.1 Å². The van der Waals surface area contributed by atoms with Crippen molar-refractivity contribution in [2.75, 3.05) is 13.2 Å². The van der Waals surface area contributed by atoms with Gasteiger partial charge in [0.05, 0.1) is 5.71 Å². The third-order valence-corrected chi connectivity index (χ3v) is 2.88. The lowest BCUT2D eigenvalue weighted by molar-refractivity contribution is 0.291. The Kier molecular flexibility index (Phi) is 5.05. The molecule has 7 heteroatoms. The number of aliphatic imine (C=N–C) groups is 1. The molecule has 0 aliphatic rings. The molecule has 0 saturated heterocycles. The Hall–Kier alpha value is -1.89. The van der Waals surface area contributed by atoms with Crippen molar-refractivity contribution < 1.29 is 10.2 Å². The van der Waals surface area contributed by atoms with E-state index in [1.54, 1.807) is 0 Å². The predicted octanol–water partition coefficient (Wildman–Crippen LogP) is -0.629.